The van der Waals surface area contributed by atoms with E-state index in [0.717, 1.165) is 75.0 Å². The molecule has 4 aromatic rings. The monoisotopic (exact) mass is 684 g/mol. The number of amides is 1. The van der Waals surface area contributed by atoms with Gasteiger partial charge in [-0.2, -0.15) is 0 Å². The summed E-state index contributed by atoms with van der Waals surface area (Å²) in [5.41, 5.74) is 2.70. The molecule has 5 N–H and O–H groups in total. The van der Waals surface area contributed by atoms with E-state index in [4.69, 9.17) is 9.47 Å². The predicted octanol–water partition coefficient (Wildman–Crippen LogP) is 6.58. The van der Waals surface area contributed by atoms with Gasteiger partial charge >= 0.3 is 6.09 Å². The largest absolute Gasteiger partial charge is 0.506 e. The Bertz CT molecular complexity index is 1670. The van der Waals surface area contributed by atoms with Gasteiger partial charge in [0.15, 0.2) is 0 Å². The molecule has 0 spiro atoms. The first-order valence-electron chi connectivity index (χ1n) is 18.0. The Balaban J connectivity index is 0.937. The third kappa shape index (κ3) is 11.1. The summed E-state index contributed by atoms with van der Waals surface area (Å²) in [6.45, 7) is 3.76. The zero-order valence-corrected chi connectivity index (χ0v) is 29.1. The van der Waals surface area contributed by atoms with Gasteiger partial charge in [0.05, 0.1) is 24.3 Å². The summed E-state index contributed by atoms with van der Waals surface area (Å²) in [6.07, 6.45) is 8.34. The summed E-state index contributed by atoms with van der Waals surface area (Å²) in [5.74, 6) is 0.811. The van der Waals surface area contributed by atoms with Crippen LogP contribution >= 0.6 is 0 Å². The summed E-state index contributed by atoms with van der Waals surface area (Å²) in [7, 11) is 2.09. The fourth-order valence-corrected chi connectivity index (χ4v) is 6.49. The molecule has 0 radical (unpaired) electrons. The van der Waals surface area contributed by atoms with Crippen molar-refractivity contribution in [1.29, 1.82) is 0 Å². The quantitative estimate of drug-likeness (QED) is 0.0743. The maximum Gasteiger partial charge on any atom is 0.408 e. The molecule has 0 bridgehead atoms. The number of aliphatic hydroxyl groups is 1. The minimum absolute atomic E-state index is 0.00877. The fraction of sp³-hybridized carbons (Fsp3) is 0.450. The number of aromatic hydroxyl groups is 1. The van der Waals surface area contributed by atoms with Gasteiger partial charge in [-0.15, -0.1) is 0 Å². The Morgan fingerprint density at radius 2 is 1.56 bits per heavy atom. The summed E-state index contributed by atoms with van der Waals surface area (Å²) in [6, 6.07) is 23.8. The van der Waals surface area contributed by atoms with E-state index in [2.05, 4.69) is 27.6 Å². The van der Waals surface area contributed by atoms with Crippen LogP contribution in [0.3, 0.4) is 0 Å². The van der Waals surface area contributed by atoms with Crippen LogP contribution in [0.5, 0.6) is 11.5 Å². The number of rotatable bonds is 18. The van der Waals surface area contributed by atoms with Crippen LogP contribution in [-0.4, -0.2) is 72.1 Å². The topological polar surface area (TPSA) is 136 Å². The van der Waals surface area contributed by atoms with Gasteiger partial charge < -0.3 is 40.2 Å². The molecule has 10 nitrogen and oxygen atoms in total. The Kier molecular flexibility index (Phi) is 14.1. The highest BCUT2D eigenvalue weighted by atomic mass is 16.6. The van der Waals surface area contributed by atoms with Gasteiger partial charge in [0, 0.05) is 31.1 Å². The number of aromatic nitrogens is 1. The highest BCUT2D eigenvalue weighted by molar-refractivity contribution is 5.87. The van der Waals surface area contributed by atoms with Gasteiger partial charge in [0.1, 0.15) is 17.6 Å². The zero-order valence-electron chi connectivity index (χ0n) is 29.1. The minimum Gasteiger partial charge on any atom is -0.506 e. The van der Waals surface area contributed by atoms with Gasteiger partial charge in [-0.05, 0) is 80.2 Å². The van der Waals surface area contributed by atoms with Crippen molar-refractivity contribution >= 4 is 17.0 Å². The summed E-state index contributed by atoms with van der Waals surface area (Å²) >= 11 is 0. The number of carbonyl (C=O) groups excluding carboxylic acids is 1. The minimum atomic E-state index is -0.739. The van der Waals surface area contributed by atoms with Gasteiger partial charge in [-0.25, -0.2) is 4.79 Å². The van der Waals surface area contributed by atoms with Crippen molar-refractivity contribution in [3.63, 3.8) is 0 Å². The number of benzene rings is 3. The van der Waals surface area contributed by atoms with Crippen LogP contribution in [0.4, 0.5) is 4.79 Å². The van der Waals surface area contributed by atoms with Crippen LogP contribution in [0.2, 0.25) is 0 Å². The molecule has 1 saturated heterocycles. The molecule has 1 aromatic heterocycles. The van der Waals surface area contributed by atoms with Crippen molar-refractivity contribution in [2.75, 3.05) is 39.8 Å². The van der Waals surface area contributed by atoms with Crippen molar-refractivity contribution in [3.8, 4) is 11.5 Å². The molecular formula is C40H52N4O6. The van der Waals surface area contributed by atoms with E-state index in [0.29, 0.717) is 29.6 Å². The number of unbranched alkanes of at least 4 members (excludes halogenated alkanes) is 6. The van der Waals surface area contributed by atoms with E-state index >= 15 is 0 Å². The number of phenolic OH excluding ortho intramolecular Hbond substituents is 1. The van der Waals surface area contributed by atoms with Crippen molar-refractivity contribution in [2.24, 2.45) is 0 Å². The number of fused-ring (bicyclic) bond motifs is 1. The van der Waals surface area contributed by atoms with Crippen LogP contribution in [0.1, 0.15) is 86.6 Å². The number of H-pyrrole nitrogens is 1. The number of hydrogen-bond donors (Lipinski definition) is 5. The number of likely N-dealkylation sites (tertiary alicyclic amines) is 1. The smallest absolute Gasteiger partial charge is 0.408 e. The molecule has 1 aliphatic rings. The van der Waals surface area contributed by atoms with E-state index in [1.165, 1.54) is 31.4 Å². The first kappa shape index (κ1) is 36.9. The number of aromatic amines is 1. The fourth-order valence-electron chi connectivity index (χ4n) is 6.49. The molecule has 2 atom stereocenters. The number of ether oxygens (including phenoxy) is 2. The number of nitrogens with one attached hydrogen (secondary N) is 3. The maximum absolute atomic E-state index is 12.9. The van der Waals surface area contributed by atoms with Gasteiger partial charge in [0.25, 0.3) is 0 Å². The number of phenols is 1. The molecule has 5 rings (SSSR count). The lowest BCUT2D eigenvalue weighted by Crippen LogP contribution is -2.38. The Morgan fingerprint density at radius 3 is 2.30 bits per heavy atom. The molecule has 1 fully saturated rings. The molecule has 1 amide bonds. The molecule has 0 saturated carbocycles. The number of alkyl carbamates (subject to hydrolysis) is 1. The van der Waals surface area contributed by atoms with E-state index in [1.54, 1.807) is 12.1 Å². The van der Waals surface area contributed by atoms with Crippen molar-refractivity contribution in [2.45, 2.75) is 76.0 Å². The molecule has 3 aromatic carbocycles. The standard InChI is InChI=1S/C40H52N4O6/c1-44-25-22-32(23-26-44)50-40(48)43-38(29-12-8-7-9-13-29)30-14-16-31(17-15-30)49-27-11-6-4-2-3-5-10-24-41-28-36(46)33-18-20-35(45)39-34(33)19-21-37(47)42-39/h7-9,12-21,32,36,38,41,45-46H,2-6,10-11,22-28H2,1H3,(H,42,47)(H,43,48)/t36-,38?/m0/s1. The van der Waals surface area contributed by atoms with E-state index < -0.39 is 6.10 Å². The Hall–Kier alpha value is -4.38. The normalized spacial score (nSPS) is 15.1. The van der Waals surface area contributed by atoms with Crippen molar-refractivity contribution in [3.05, 3.63) is 106 Å². The maximum atomic E-state index is 12.9. The Labute approximate surface area is 294 Å². The SMILES string of the molecule is CN1CCC(OC(=O)NC(c2ccccc2)c2ccc(OCCCCCCCCCNC[C@H](O)c3ccc(O)c4[nH]c(=O)ccc34)cc2)CC1. The first-order chi connectivity index (χ1) is 24.4. The molecule has 1 aliphatic heterocycles. The molecule has 1 unspecified atom stereocenters. The lowest BCUT2D eigenvalue weighted by molar-refractivity contribution is 0.0559. The lowest BCUT2D eigenvalue weighted by Gasteiger charge is -2.29. The van der Waals surface area contributed by atoms with Crippen LogP contribution in [-0.2, 0) is 4.74 Å². The summed E-state index contributed by atoms with van der Waals surface area (Å²) < 4.78 is 11.8. The van der Waals surface area contributed by atoms with Gasteiger partial charge in [0.2, 0.25) is 5.56 Å². The molecular weight excluding hydrogens is 632 g/mol. The molecule has 50 heavy (non-hydrogen) atoms. The first-order valence-corrected chi connectivity index (χ1v) is 18.0. The number of nitrogens with zero attached hydrogens (tertiary/aromatic N) is 1. The van der Waals surface area contributed by atoms with Gasteiger partial charge in [-0.1, -0.05) is 80.6 Å². The lowest BCUT2D eigenvalue weighted by atomic mass is 9.99. The number of pyridine rings is 1. The van der Waals surface area contributed by atoms with Gasteiger partial charge in [-0.3, -0.25) is 4.79 Å². The summed E-state index contributed by atoms with van der Waals surface area (Å²) in [4.78, 5) is 29.4. The summed E-state index contributed by atoms with van der Waals surface area (Å²) in [5, 5.41) is 27.8. The number of hydrogen-bond acceptors (Lipinski definition) is 8. The van der Waals surface area contributed by atoms with E-state index in [9.17, 15) is 19.8 Å². The second kappa shape index (κ2) is 19.1. The highest BCUT2D eigenvalue weighted by Crippen LogP contribution is 2.29. The third-order valence-corrected chi connectivity index (χ3v) is 9.42. The predicted molar refractivity (Wildman–Crippen MR) is 197 cm³/mol. The highest BCUT2D eigenvalue weighted by Gasteiger charge is 2.23. The zero-order chi connectivity index (χ0) is 35.1. The molecule has 10 heteroatoms. The van der Waals surface area contributed by atoms with E-state index in [-0.39, 0.29) is 29.5 Å². The number of aliphatic hydroxyl groups excluding tert-OH is 1. The third-order valence-electron chi connectivity index (χ3n) is 9.42. The number of piperidine rings is 1. The molecule has 268 valence electrons. The van der Waals surface area contributed by atoms with Crippen molar-refractivity contribution in [1.82, 2.24) is 20.5 Å². The average Bonchev–Trinajstić information content (AvgIpc) is 3.13. The Morgan fingerprint density at radius 1 is 0.880 bits per heavy atom. The van der Waals surface area contributed by atoms with Crippen LogP contribution in [0.15, 0.2) is 83.7 Å². The average molecular weight is 685 g/mol. The van der Waals surface area contributed by atoms with Crippen LogP contribution in [0.25, 0.3) is 10.9 Å². The second-order valence-corrected chi connectivity index (χ2v) is 13.3. The van der Waals surface area contributed by atoms with E-state index in [1.807, 2.05) is 54.6 Å². The van der Waals surface area contributed by atoms with Crippen LogP contribution in [0, 0.1) is 0 Å². The molecule has 2 heterocycles. The molecule has 0 aliphatic carbocycles. The second-order valence-electron chi connectivity index (χ2n) is 13.3. The van der Waals surface area contributed by atoms with Crippen molar-refractivity contribution < 1.29 is 24.5 Å². The van der Waals surface area contributed by atoms with Crippen LogP contribution < -0.4 is 20.9 Å². The number of carbonyl (C=O) groups is 1.